The third-order valence-electron chi connectivity index (χ3n) is 4.61. The van der Waals surface area contributed by atoms with Crippen molar-refractivity contribution in [2.45, 2.75) is 20.5 Å². The van der Waals surface area contributed by atoms with Crippen LogP contribution in [0, 0.1) is 25.2 Å². The molecule has 0 aliphatic carbocycles. The highest BCUT2D eigenvalue weighted by atomic mass is 35.5. The Bertz CT molecular complexity index is 1180. The van der Waals surface area contributed by atoms with Gasteiger partial charge in [0, 0.05) is 21.3 Å². The molecule has 3 rings (SSSR count). The molecule has 0 aromatic heterocycles. The lowest BCUT2D eigenvalue weighted by atomic mass is 10.1. The van der Waals surface area contributed by atoms with Gasteiger partial charge in [0.15, 0.2) is 0 Å². The number of amides is 1. The molecular weight excluding hydrogens is 431 g/mol. The number of benzene rings is 3. The quantitative estimate of drug-likeness (QED) is 0.334. The summed E-state index contributed by atoms with van der Waals surface area (Å²) < 4.78 is 5.76. The van der Waals surface area contributed by atoms with E-state index in [0.29, 0.717) is 33.7 Å². The maximum atomic E-state index is 12.5. The minimum absolute atomic E-state index is 0.0162. The Morgan fingerprint density at radius 3 is 2.48 bits per heavy atom. The Balaban J connectivity index is 1.68. The number of aryl methyl sites for hydroxylation is 2. The fourth-order valence-corrected chi connectivity index (χ4v) is 3.30. The van der Waals surface area contributed by atoms with Crippen LogP contribution in [0.1, 0.15) is 22.3 Å². The predicted octanol–water partition coefficient (Wildman–Crippen LogP) is 6.73. The second kappa shape index (κ2) is 10.2. The van der Waals surface area contributed by atoms with Gasteiger partial charge in [0.25, 0.3) is 5.91 Å². The molecule has 1 N–H and O–H groups in total. The average Bonchev–Trinajstić information content (AvgIpc) is 2.74. The summed E-state index contributed by atoms with van der Waals surface area (Å²) in [5.74, 6) is 0.190. The van der Waals surface area contributed by atoms with Crippen LogP contribution in [0.5, 0.6) is 5.75 Å². The third-order valence-corrected chi connectivity index (χ3v) is 5.19. The van der Waals surface area contributed by atoms with Gasteiger partial charge in [0.2, 0.25) is 0 Å². The largest absolute Gasteiger partial charge is 0.489 e. The molecule has 0 saturated carbocycles. The molecule has 31 heavy (non-hydrogen) atoms. The van der Waals surface area contributed by atoms with Gasteiger partial charge in [-0.25, -0.2) is 0 Å². The summed E-state index contributed by atoms with van der Waals surface area (Å²) in [6.07, 6.45) is 1.54. The van der Waals surface area contributed by atoms with Crippen LogP contribution in [0.3, 0.4) is 0 Å². The molecule has 0 radical (unpaired) electrons. The van der Waals surface area contributed by atoms with Crippen LogP contribution in [0.2, 0.25) is 10.0 Å². The number of halogens is 2. The van der Waals surface area contributed by atoms with Crippen LogP contribution in [0.4, 0.5) is 5.69 Å². The van der Waals surface area contributed by atoms with Gasteiger partial charge in [-0.3, -0.25) is 4.79 Å². The van der Waals surface area contributed by atoms with E-state index in [1.807, 2.05) is 44.2 Å². The van der Waals surface area contributed by atoms with E-state index in [1.165, 1.54) is 0 Å². The van der Waals surface area contributed by atoms with Gasteiger partial charge in [-0.05, 0) is 66.9 Å². The Morgan fingerprint density at radius 2 is 1.81 bits per heavy atom. The van der Waals surface area contributed by atoms with Crippen LogP contribution in [0.15, 0.2) is 66.2 Å². The van der Waals surface area contributed by atoms with Crippen molar-refractivity contribution in [3.63, 3.8) is 0 Å². The number of hydrogen-bond acceptors (Lipinski definition) is 3. The van der Waals surface area contributed by atoms with Gasteiger partial charge in [0.1, 0.15) is 24.0 Å². The Kier molecular flexibility index (Phi) is 7.36. The average molecular weight is 451 g/mol. The van der Waals surface area contributed by atoms with Crippen molar-refractivity contribution < 1.29 is 9.53 Å². The zero-order valence-electron chi connectivity index (χ0n) is 17.1. The summed E-state index contributed by atoms with van der Waals surface area (Å²) in [5.41, 5.74) is 4.20. The molecule has 1 amide bonds. The summed E-state index contributed by atoms with van der Waals surface area (Å²) in [5, 5.41) is 13.4. The highest BCUT2D eigenvalue weighted by Gasteiger charge is 2.11. The molecule has 3 aromatic rings. The van der Waals surface area contributed by atoms with E-state index < -0.39 is 5.91 Å². The van der Waals surface area contributed by atoms with Gasteiger partial charge >= 0.3 is 0 Å². The number of carbonyl (C=O) groups excluding carboxylic acids is 1. The normalized spacial score (nSPS) is 11.0. The van der Waals surface area contributed by atoms with Crippen molar-refractivity contribution in [2.24, 2.45) is 0 Å². The third kappa shape index (κ3) is 6.11. The maximum absolute atomic E-state index is 12.5. The van der Waals surface area contributed by atoms with Gasteiger partial charge in [-0.15, -0.1) is 0 Å². The zero-order valence-corrected chi connectivity index (χ0v) is 18.6. The second-order valence-electron chi connectivity index (χ2n) is 7.04. The van der Waals surface area contributed by atoms with Crippen molar-refractivity contribution in [3.05, 3.63) is 98.5 Å². The first-order chi connectivity index (χ1) is 14.9. The number of nitriles is 1. The first-order valence-corrected chi connectivity index (χ1v) is 10.3. The fourth-order valence-electron chi connectivity index (χ4n) is 2.84. The highest BCUT2D eigenvalue weighted by Crippen LogP contribution is 2.23. The van der Waals surface area contributed by atoms with E-state index in [4.69, 9.17) is 27.9 Å². The first-order valence-electron chi connectivity index (χ1n) is 9.53. The summed E-state index contributed by atoms with van der Waals surface area (Å²) in [4.78, 5) is 12.5. The molecule has 0 saturated heterocycles. The lowest BCUT2D eigenvalue weighted by Crippen LogP contribution is -2.14. The summed E-state index contributed by atoms with van der Waals surface area (Å²) in [6, 6.07) is 20.1. The number of carbonyl (C=O) groups is 1. The standard InChI is InChI=1S/C25H20Cl2N2O2/c1-16-3-4-17(2)24(11-16)29-25(30)20(14-28)12-18-5-9-22(10-6-18)31-15-19-7-8-21(26)13-23(19)27/h3-13H,15H2,1-2H3,(H,29,30)/b20-12+. The molecule has 0 spiro atoms. The van der Waals surface area contributed by atoms with Crippen LogP contribution < -0.4 is 10.1 Å². The van der Waals surface area contributed by atoms with Crippen molar-refractivity contribution in [1.29, 1.82) is 5.26 Å². The van der Waals surface area contributed by atoms with E-state index in [-0.39, 0.29) is 5.57 Å². The zero-order chi connectivity index (χ0) is 22.4. The molecule has 156 valence electrons. The Hall–Kier alpha value is -3.26. The molecule has 4 nitrogen and oxygen atoms in total. The smallest absolute Gasteiger partial charge is 0.266 e. The van der Waals surface area contributed by atoms with Gasteiger partial charge < -0.3 is 10.1 Å². The molecule has 0 fully saturated rings. The maximum Gasteiger partial charge on any atom is 0.266 e. The molecule has 0 unspecified atom stereocenters. The summed E-state index contributed by atoms with van der Waals surface area (Å²) in [6.45, 7) is 4.15. The van der Waals surface area contributed by atoms with Crippen molar-refractivity contribution >= 4 is 40.9 Å². The number of rotatable bonds is 6. The van der Waals surface area contributed by atoms with Crippen LogP contribution >= 0.6 is 23.2 Å². The van der Waals surface area contributed by atoms with Crippen LogP contribution in [0.25, 0.3) is 6.08 Å². The van der Waals surface area contributed by atoms with Crippen LogP contribution in [-0.4, -0.2) is 5.91 Å². The van der Waals surface area contributed by atoms with Crippen molar-refractivity contribution in [3.8, 4) is 11.8 Å². The number of nitrogens with zero attached hydrogens (tertiary/aromatic N) is 1. The topological polar surface area (TPSA) is 62.1 Å². The molecular formula is C25H20Cl2N2O2. The SMILES string of the molecule is Cc1ccc(C)c(NC(=O)/C(C#N)=C/c2ccc(OCc3ccc(Cl)cc3Cl)cc2)c1. The van der Waals surface area contributed by atoms with E-state index in [2.05, 4.69) is 5.32 Å². The molecule has 3 aromatic carbocycles. The van der Waals surface area contributed by atoms with E-state index in [0.717, 1.165) is 16.7 Å². The minimum Gasteiger partial charge on any atom is -0.489 e. The second-order valence-corrected chi connectivity index (χ2v) is 7.88. The molecule has 0 aliphatic heterocycles. The van der Waals surface area contributed by atoms with E-state index in [9.17, 15) is 10.1 Å². The monoisotopic (exact) mass is 450 g/mol. The Morgan fingerprint density at radius 1 is 1.06 bits per heavy atom. The molecule has 0 heterocycles. The van der Waals surface area contributed by atoms with E-state index >= 15 is 0 Å². The lowest BCUT2D eigenvalue weighted by Gasteiger charge is -2.09. The Labute approximate surface area is 191 Å². The number of ether oxygens (including phenoxy) is 1. The highest BCUT2D eigenvalue weighted by molar-refractivity contribution is 6.35. The molecule has 6 heteroatoms. The van der Waals surface area contributed by atoms with Crippen molar-refractivity contribution in [1.82, 2.24) is 0 Å². The van der Waals surface area contributed by atoms with Crippen molar-refractivity contribution in [2.75, 3.05) is 5.32 Å². The number of nitrogens with one attached hydrogen (secondary N) is 1. The number of hydrogen-bond donors (Lipinski definition) is 1. The minimum atomic E-state index is -0.450. The fraction of sp³-hybridized carbons (Fsp3) is 0.120. The van der Waals surface area contributed by atoms with Crippen LogP contribution in [-0.2, 0) is 11.4 Å². The molecule has 0 atom stereocenters. The summed E-state index contributed by atoms with van der Waals surface area (Å²) in [7, 11) is 0. The predicted molar refractivity (Wildman–Crippen MR) is 125 cm³/mol. The van der Waals surface area contributed by atoms with E-state index in [1.54, 1.807) is 42.5 Å². The van der Waals surface area contributed by atoms with Gasteiger partial charge in [-0.1, -0.05) is 53.5 Å². The van der Waals surface area contributed by atoms with Gasteiger partial charge in [-0.2, -0.15) is 5.26 Å². The molecule has 0 bridgehead atoms. The van der Waals surface area contributed by atoms with Gasteiger partial charge in [0.05, 0.1) is 0 Å². The number of anilines is 1. The molecule has 0 aliphatic rings. The summed E-state index contributed by atoms with van der Waals surface area (Å²) >= 11 is 12.1. The first kappa shape index (κ1) is 22.4. The lowest BCUT2D eigenvalue weighted by molar-refractivity contribution is -0.112.